The summed E-state index contributed by atoms with van der Waals surface area (Å²) in [6.07, 6.45) is 19.4. The van der Waals surface area contributed by atoms with Crippen LogP contribution in [0.5, 0.6) is 0 Å². The van der Waals surface area contributed by atoms with Crippen LogP contribution in [0, 0.1) is 5.92 Å². The molecular weight excluding hydrogens is 404 g/mol. The van der Waals surface area contributed by atoms with Crippen molar-refractivity contribution in [1.82, 2.24) is 0 Å². The summed E-state index contributed by atoms with van der Waals surface area (Å²) in [7, 11) is 1.39. The molecule has 0 heterocycles. The van der Waals surface area contributed by atoms with Gasteiger partial charge in [-0.2, -0.15) is 0 Å². The van der Waals surface area contributed by atoms with Gasteiger partial charge in [-0.25, -0.2) is 0 Å². The monoisotopic (exact) mass is 458 g/mol. The number of aliphatic hydroxyl groups excluding tert-OH is 2. The first-order valence-electron chi connectivity index (χ1n) is 13.6. The molecule has 0 aromatic carbocycles. The van der Waals surface area contributed by atoms with E-state index in [9.17, 15) is 15.0 Å². The van der Waals surface area contributed by atoms with Gasteiger partial charge in [0.1, 0.15) is 6.10 Å². The van der Waals surface area contributed by atoms with Gasteiger partial charge in [-0.15, -0.1) is 0 Å². The van der Waals surface area contributed by atoms with Crippen LogP contribution in [0.4, 0.5) is 0 Å². The lowest BCUT2D eigenvalue weighted by atomic mass is 9.87. The number of esters is 1. The highest BCUT2D eigenvalue weighted by Crippen LogP contribution is 2.24. The van der Waals surface area contributed by atoms with E-state index in [0.717, 1.165) is 38.5 Å². The van der Waals surface area contributed by atoms with Gasteiger partial charge >= 0.3 is 5.97 Å². The number of carbonyl (C=O) groups is 1. The third kappa shape index (κ3) is 17.9. The van der Waals surface area contributed by atoms with Crippen LogP contribution in [0.25, 0.3) is 0 Å². The van der Waals surface area contributed by atoms with Gasteiger partial charge in [-0.3, -0.25) is 4.79 Å². The Morgan fingerprint density at radius 3 is 1.81 bits per heavy atom. The second-order valence-corrected chi connectivity index (χ2v) is 9.34. The minimum absolute atomic E-state index is 0.168. The molecule has 0 radical (unpaired) electrons. The van der Waals surface area contributed by atoms with Crippen LogP contribution in [0.15, 0.2) is 0 Å². The van der Waals surface area contributed by atoms with Gasteiger partial charge < -0.3 is 19.7 Å². The zero-order valence-electron chi connectivity index (χ0n) is 21.5. The summed E-state index contributed by atoms with van der Waals surface area (Å²) < 4.78 is 10.4. The number of unbranched alkanes of at least 4 members (excludes halogenated alkanes) is 12. The van der Waals surface area contributed by atoms with Gasteiger partial charge in [0.25, 0.3) is 0 Å². The van der Waals surface area contributed by atoms with Crippen molar-refractivity contribution in [2.75, 3.05) is 20.3 Å². The SMILES string of the molecule is CCCCCCCCCCCCCC(CCCC)C(O)C(CO)OCCCCC(=O)OC. The lowest BCUT2D eigenvalue weighted by molar-refractivity contribution is -0.140. The van der Waals surface area contributed by atoms with E-state index in [4.69, 9.17) is 4.74 Å². The predicted octanol–water partition coefficient (Wildman–Crippen LogP) is 6.58. The number of carbonyl (C=O) groups excluding carboxylic acids is 1. The third-order valence-electron chi connectivity index (χ3n) is 6.49. The summed E-state index contributed by atoms with van der Waals surface area (Å²) in [5.74, 6) is -0.0314. The van der Waals surface area contributed by atoms with Crippen molar-refractivity contribution in [3.05, 3.63) is 0 Å². The summed E-state index contributed by atoms with van der Waals surface area (Å²) in [6, 6.07) is 0. The molecule has 0 amide bonds. The van der Waals surface area contributed by atoms with Crippen molar-refractivity contribution in [1.29, 1.82) is 0 Å². The molecule has 0 spiro atoms. The molecule has 0 fully saturated rings. The Morgan fingerprint density at radius 2 is 1.28 bits per heavy atom. The number of aliphatic hydroxyl groups is 2. The van der Waals surface area contributed by atoms with Crippen molar-refractivity contribution in [3.63, 3.8) is 0 Å². The smallest absolute Gasteiger partial charge is 0.305 e. The Labute approximate surface area is 198 Å². The average molecular weight is 459 g/mol. The summed E-state index contributed by atoms with van der Waals surface area (Å²) >= 11 is 0. The summed E-state index contributed by atoms with van der Waals surface area (Å²) in [4.78, 5) is 11.2. The van der Waals surface area contributed by atoms with E-state index in [1.165, 1.54) is 71.3 Å². The van der Waals surface area contributed by atoms with Crippen molar-refractivity contribution in [2.45, 2.75) is 142 Å². The van der Waals surface area contributed by atoms with Crippen LogP contribution >= 0.6 is 0 Å². The van der Waals surface area contributed by atoms with Gasteiger partial charge in [0, 0.05) is 13.0 Å². The van der Waals surface area contributed by atoms with Crippen LogP contribution < -0.4 is 0 Å². The highest BCUT2D eigenvalue weighted by molar-refractivity contribution is 5.68. The van der Waals surface area contributed by atoms with Gasteiger partial charge in [0.15, 0.2) is 0 Å². The van der Waals surface area contributed by atoms with E-state index in [0.29, 0.717) is 19.4 Å². The molecule has 0 aromatic heterocycles. The van der Waals surface area contributed by atoms with Gasteiger partial charge in [-0.1, -0.05) is 97.3 Å². The van der Waals surface area contributed by atoms with E-state index in [1.807, 2.05) is 0 Å². The number of methoxy groups -OCH3 is 1. The maximum absolute atomic E-state index is 11.2. The molecular formula is C27H54O5. The van der Waals surface area contributed by atoms with Crippen molar-refractivity contribution < 1.29 is 24.5 Å². The van der Waals surface area contributed by atoms with Crippen molar-refractivity contribution in [3.8, 4) is 0 Å². The Balaban J connectivity index is 4.09. The summed E-state index contributed by atoms with van der Waals surface area (Å²) in [5, 5.41) is 20.6. The second kappa shape index (κ2) is 23.5. The minimum Gasteiger partial charge on any atom is -0.469 e. The molecule has 0 bridgehead atoms. The fourth-order valence-corrected chi connectivity index (χ4v) is 4.29. The molecule has 0 rings (SSSR count). The van der Waals surface area contributed by atoms with Crippen LogP contribution in [0.3, 0.4) is 0 Å². The molecule has 0 aliphatic carbocycles. The van der Waals surface area contributed by atoms with Gasteiger partial charge in [0.05, 0.1) is 19.8 Å². The van der Waals surface area contributed by atoms with E-state index in [2.05, 4.69) is 18.6 Å². The maximum atomic E-state index is 11.2. The molecule has 3 atom stereocenters. The number of rotatable bonds is 24. The Bertz CT molecular complexity index is 402. The molecule has 5 heteroatoms. The first-order valence-corrected chi connectivity index (χ1v) is 13.6. The summed E-state index contributed by atoms with van der Waals surface area (Å²) in [5.41, 5.74) is 0. The first kappa shape index (κ1) is 31.4. The molecule has 0 saturated heterocycles. The lowest BCUT2D eigenvalue weighted by Gasteiger charge is -2.29. The molecule has 0 aromatic rings. The molecule has 0 saturated carbocycles. The zero-order chi connectivity index (χ0) is 23.9. The van der Waals surface area contributed by atoms with Crippen LogP contribution in [0.2, 0.25) is 0 Å². The largest absolute Gasteiger partial charge is 0.469 e. The quantitative estimate of drug-likeness (QED) is 0.126. The standard InChI is InChI=1S/C27H54O5/c1-4-6-8-9-10-11-12-13-14-15-16-20-24(19-7-5-2)27(30)25(23-28)32-22-18-17-21-26(29)31-3/h24-25,27-28,30H,4-23H2,1-3H3. The number of hydrogen-bond acceptors (Lipinski definition) is 5. The number of hydrogen-bond donors (Lipinski definition) is 2. The second-order valence-electron chi connectivity index (χ2n) is 9.34. The first-order chi connectivity index (χ1) is 15.6. The number of ether oxygens (including phenoxy) is 2. The highest BCUT2D eigenvalue weighted by atomic mass is 16.5. The molecule has 3 unspecified atom stereocenters. The Hall–Kier alpha value is -0.650. The Kier molecular flexibility index (Phi) is 23.0. The van der Waals surface area contributed by atoms with E-state index < -0.39 is 12.2 Å². The van der Waals surface area contributed by atoms with E-state index >= 15 is 0 Å². The highest BCUT2D eigenvalue weighted by Gasteiger charge is 2.27. The van der Waals surface area contributed by atoms with E-state index in [-0.39, 0.29) is 18.5 Å². The minimum atomic E-state index is -0.629. The van der Waals surface area contributed by atoms with Crippen LogP contribution in [-0.2, 0) is 14.3 Å². The van der Waals surface area contributed by atoms with E-state index in [1.54, 1.807) is 0 Å². The Morgan fingerprint density at radius 1 is 0.750 bits per heavy atom. The third-order valence-corrected chi connectivity index (χ3v) is 6.49. The van der Waals surface area contributed by atoms with Crippen LogP contribution in [0.1, 0.15) is 129 Å². The lowest BCUT2D eigenvalue weighted by Crippen LogP contribution is -2.38. The maximum Gasteiger partial charge on any atom is 0.305 e. The molecule has 32 heavy (non-hydrogen) atoms. The van der Waals surface area contributed by atoms with Crippen molar-refractivity contribution in [2.24, 2.45) is 5.92 Å². The van der Waals surface area contributed by atoms with Crippen LogP contribution in [-0.4, -0.2) is 48.7 Å². The average Bonchev–Trinajstić information content (AvgIpc) is 2.81. The normalized spacial score (nSPS) is 14.3. The molecule has 2 N–H and O–H groups in total. The van der Waals surface area contributed by atoms with Gasteiger partial charge in [-0.05, 0) is 31.6 Å². The fraction of sp³-hybridized carbons (Fsp3) is 0.963. The molecule has 5 nitrogen and oxygen atoms in total. The van der Waals surface area contributed by atoms with Gasteiger partial charge in [0.2, 0.25) is 0 Å². The fourth-order valence-electron chi connectivity index (χ4n) is 4.29. The molecule has 0 aliphatic heterocycles. The topological polar surface area (TPSA) is 76.0 Å². The summed E-state index contributed by atoms with van der Waals surface area (Å²) in [6.45, 7) is 4.71. The predicted molar refractivity (Wildman–Crippen MR) is 133 cm³/mol. The molecule has 0 aliphatic rings. The zero-order valence-corrected chi connectivity index (χ0v) is 21.5. The molecule has 192 valence electrons. The van der Waals surface area contributed by atoms with Crippen molar-refractivity contribution >= 4 is 5.97 Å².